The number of aliphatic carboxylic acids is 2. The Labute approximate surface area is 174 Å². The molecule has 0 radical (unpaired) electrons. The summed E-state index contributed by atoms with van der Waals surface area (Å²) >= 11 is 0. The van der Waals surface area contributed by atoms with Crippen molar-refractivity contribution in [1.82, 2.24) is 14.8 Å². The lowest BCUT2D eigenvalue weighted by molar-refractivity contribution is -0.159. The summed E-state index contributed by atoms with van der Waals surface area (Å²) in [5.41, 5.74) is 2.44. The highest BCUT2D eigenvalue weighted by Gasteiger charge is 2.21. The Morgan fingerprint density at radius 1 is 0.933 bits per heavy atom. The number of aryl methyl sites for hydroxylation is 1. The second-order valence-corrected chi connectivity index (χ2v) is 6.72. The largest absolute Gasteiger partial charge is 0.484 e. The molecule has 1 aliphatic heterocycles. The fourth-order valence-electron chi connectivity index (χ4n) is 2.77. The topological polar surface area (TPSA) is 120 Å². The summed E-state index contributed by atoms with van der Waals surface area (Å²) in [5, 5.41) is 14.8. The molecule has 2 N–H and O–H groups in total. The molecule has 1 aliphatic rings. The summed E-state index contributed by atoms with van der Waals surface area (Å²) in [6.07, 6.45) is 3.63. The molecule has 0 atom stereocenters. The fraction of sp³-hybridized carbons (Fsp3) is 0.333. The van der Waals surface area contributed by atoms with Crippen molar-refractivity contribution in [1.29, 1.82) is 0 Å². The van der Waals surface area contributed by atoms with Gasteiger partial charge in [0.25, 0.3) is 5.91 Å². The van der Waals surface area contributed by atoms with Gasteiger partial charge >= 0.3 is 11.9 Å². The summed E-state index contributed by atoms with van der Waals surface area (Å²) in [6, 6.07) is 11.8. The highest BCUT2D eigenvalue weighted by molar-refractivity contribution is 6.27. The van der Waals surface area contributed by atoms with Gasteiger partial charge in [-0.05, 0) is 36.8 Å². The first kappa shape index (κ1) is 22.8. The Morgan fingerprint density at radius 3 is 2.03 bits per heavy atom. The summed E-state index contributed by atoms with van der Waals surface area (Å²) in [6.45, 7) is 6.32. The van der Waals surface area contributed by atoms with Gasteiger partial charge in [0.05, 0.1) is 0 Å². The maximum absolute atomic E-state index is 12.3. The molecule has 2 aromatic rings. The van der Waals surface area contributed by atoms with Crippen LogP contribution in [-0.4, -0.2) is 75.6 Å². The number of piperazine rings is 1. The van der Waals surface area contributed by atoms with Crippen LogP contribution >= 0.6 is 0 Å². The van der Waals surface area contributed by atoms with E-state index in [-0.39, 0.29) is 12.5 Å². The van der Waals surface area contributed by atoms with E-state index in [2.05, 4.69) is 9.88 Å². The lowest BCUT2D eigenvalue weighted by atomic mass is 10.2. The third-order valence-corrected chi connectivity index (χ3v) is 4.45. The minimum Gasteiger partial charge on any atom is -0.484 e. The highest BCUT2D eigenvalue weighted by atomic mass is 16.5. The quantitative estimate of drug-likeness (QED) is 0.701. The van der Waals surface area contributed by atoms with Crippen molar-refractivity contribution >= 4 is 17.8 Å². The zero-order valence-electron chi connectivity index (χ0n) is 16.7. The van der Waals surface area contributed by atoms with Crippen molar-refractivity contribution in [3.63, 3.8) is 0 Å². The number of carbonyl (C=O) groups excluding carboxylic acids is 1. The number of benzene rings is 1. The molecule has 0 bridgehead atoms. The molecule has 1 aromatic heterocycles. The van der Waals surface area contributed by atoms with Crippen molar-refractivity contribution in [2.45, 2.75) is 13.5 Å². The Bertz CT molecular complexity index is 822. The first-order valence-electron chi connectivity index (χ1n) is 9.40. The Morgan fingerprint density at radius 2 is 1.50 bits per heavy atom. The molecule has 0 unspecified atom stereocenters. The normalized spacial score (nSPS) is 13.7. The van der Waals surface area contributed by atoms with Gasteiger partial charge in [-0.15, -0.1) is 0 Å². The van der Waals surface area contributed by atoms with Crippen molar-refractivity contribution < 1.29 is 29.3 Å². The molecule has 0 saturated carbocycles. The number of pyridine rings is 1. The van der Waals surface area contributed by atoms with E-state index in [1.807, 2.05) is 60.6 Å². The molecule has 0 aliphatic carbocycles. The molecule has 2 heterocycles. The van der Waals surface area contributed by atoms with E-state index in [1.54, 1.807) is 0 Å². The SMILES string of the molecule is Cc1ccc(OCC(=O)N2CCN(Cc3ccncc3)CC2)cc1.O=C(O)C(=O)O. The van der Waals surface area contributed by atoms with Crippen LogP contribution in [0.5, 0.6) is 5.75 Å². The minimum atomic E-state index is -1.82. The van der Waals surface area contributed by atoms with Crippen molar-refractivity contribution in [3.05, 3.63) is 59.9 Å². The minimum absolute atomic E-state index is 0.0548. The molecule has 0 spiro atoms. The zero-order chi connectivity index (χ0) is 21.9. The van der Waals surface area contributed by atoms with Crippen molar-refractivity contribution in [2.75, 3.05) is 32.8 Å². The average molecular weight is 415 g/mol. The zero-order valence-corrected chi connectivity index (χ0v) is 16.7. The summed E-state index contributed by atoms with van der Waals surface area (Å²) in [4.78, 5) is 38.8. The molecular formula is C21H25N3O6. The second kappa shape index (κ2) is 11.5. The lowest BCUT2D eigenvalue weighted by Gasteiger charge is -2.34. The number of nitrogens with zero attached hydrogens (tertiary/aromatic N) is 3. The first-order chi connectivity index (χ1) is 14.3. The standard InChI is InChI=1S/C19H23N3O2.C2H2O4/c1-16-2-4-18(5-3-16)24-15-19(23)22-12-10-21(11-13-22)14-17-6-8-20-9-7-17;3-1(4)2(5)6/h2-9H,10-15H2,1H3;(H,3,4)(H,5,6). The van der Waals surface area contributed by atoms with Crippen LogP contribution < -0.4 is 4.74 Å². The van der Waals surface area contributed by atoms with Crippen molar-refractivity contribution in [3.8, 4) is 5.75 Å². The van der Waals surface area contributed by atoms with Gasteiger partial charge in [-0.3, -0.25) is 14.7 Å². The first-order valence-corrected chi connectivity index (χ1v) is 9.40. The fourth-order valence-corrected chi connectivity index (χ4v) is 2.77. The van der Waals surface area contributed by atoms with Crippen LogP contribution in [0.1, 0.15) is 11.1 Å². The molecule has 1 amide bonds. The van der Waals surface area contributed by atoms with Crippen LogP contribution in [0, 0.1) is 6.92 Å². The van der Waals surface area contributed by atoms with E-state index in [0.717, 1.165) is 38.5 Å². The highest BCUT2D eigenvalue weighted by Crippen LogP contribution is 2.12. The number of amides is 1. The lowest BCUT2D eigenvalue weighted by Crippen LogP contribution is -2.49. The molecule has 1 aromatic carbocycles. The summed E-state index contributed by atoms with van der Waals surface area (Å²) < 4.78 is 5.59. The molecule has 1 saturated heterocycles. The summed E-state index contributed by atoms with van der Waals surface area (Å²) in [5.74, 6) is -2.85. The number of carbonyl (C=O) groups is 3. The molecule has 1 fully saturated rings. The van der Waals surface area contributed by atoms with E-state index < -0.39 is 11.9 Å². The van der Waals surface area contributed by atoms with E-state index in [9.17, 15) is 4.79 Å². The third-order valence-electron chi connectivity index (χ3n) is 4.45. The van der Waals surface area contributed by atoms with Crippen LogP contribution in [0.25, 0.3) is 0 Å². The second-order valence-electron chi connectivity index (χ2n) is 6.72. The van der Waals surface area contributed by atoms with Gasteiger partial charge in [0.1, 0.15) is 5.75 Å². The van der Waals surface area contributed by atoms with Crippen LogP contribution in [0.15, 0.2) is 48.8 Å². The van der Waals surface area contributed by atoms with Crippen LogP contribution in [0.2, 0.25) is 0 Å². The van der Waals surface area contributed by atoms with Crippen LogP contribution in [-0.2, 0) is 20.9 Å². The monoisotopic (exact) mass is 415 g/mol. The van der Waals surface area contributed by atoms with E-state index in [1.165, 1.54) is 11.1 Å². The van der Waals surface area contributed by atoms with Gasteiger partial charge in [0.15, 0.2) is 6.61 Å². The molecular weight excluding hydrogens is 390 g/mol. The molecule has 160 valence electrons. The van der Waals surface area contributed by atoms with Gasteiger partial charge in [-0.2, -0.15) is 0 Å². The maximum Gasteiger partial charge on any atom is 0.414 e. The molecule has 3 rings (SSSR count). The van der Waals surface area contributed by atoms with Gasteiger partial charge in [-0.25, -0.2) is 9.59 Å². The van der Waals surface area contributed by atoms with E-state index in [4.69, 9.17) is 24.5 Å². The third kappa shape index (κ3) is 7.88. The smallest absolute Gasteiger partial charge is 0.414 e. The Kier molecular flexibility index (Phi) is 8.76. The Balaban J connectivity index is 0.000000469. The van der Waals surface area contributed by atoms with E-state index in [0.29, 0.717) is 0 Å². The van der Waals surface area contributed by atoms with Crippen molar-refractivity contribution in [2.24, 2.45) is 0 Å². The predicted molar refractivity (Wildman–Crippen MR) is 108 cm³/mol. The van der Waals surface area contributed by atoms with Gasteiger partial charge in [-0.1, -0.05) is 17.7 Å². The number of rotatable bonds is 5. The number of aromatic nitrogens is 1. The Hall–Kier alpha value is -3.46. The number of hydrogen-bond donors (Lipinski definition) is 2. The van der Waals surface area contributed by atoms with Gasteiger partial charge in [0.2, 0.25) is 0 Å². The number of carboxylic acid groups (broad SMARTS) is 2. The van der Waals surface area contributed by atoms with Crippen LogP contribution in [0.4, 0.5) is 0 Å². The molecule has 9 nitrogen and oxygen atoms in total. The number of ether oxygens (including phenoxy) is 1. The van der Waals surface area contributed by atoms with Crippen LogP contribution in [0.3, 0.4) is 0 Å². The molecule has 9 heteroatoms. The number of carboxylic acids is 2. The summed E-state index contributed by atoms with van der Waals surface area (Å²) in [7, 11) is 0. The van der Waals surface area contributed by atoms with Gasteiger partial charge < -0.3 is 19.8 Å². The predicted octanol–water partition coefficient (Wildman–Crippen LogP) is 1.27. The van der Waals surface area contributed by atoms with Gasteiger partial charge in [0, 0.05) is 45.1 Å². The number of hydrogen-bond acceptors (Lipinski definition) is 6. The maximum atomic E-state index is 12.3. The average Bonchev–Trinajstić information content (AvgIpc) is 2.75. The van der Waals surface area contributed by atoms with E-state index >= 15 is 0 Å². The molecule has 30 heavy (non-hydrogen) atoms.